The van der Waals surface area contributed by atoms with E-state index in [4.69, 9.17) is 9.47 Å². The maximum absolute atomic E-state index is 13.2. The number of Topliss-reactive ketones (excluding diaryl/α,β-unsaturated/α-hetero) is 1. The van der Waals surface area contributed by atoms with Gasteiger partial charge in [-0.1, -0.05) is 50.2 Å². The molecule has 0 saturated heterocycles. The van der Waals surface area contributed by atoms with Crippen LogP contribution in [0.1, 0.15) is 50.7 Å². The van der Waals surface area contributed by atoms with Gasteiger partial charge in [0, 0.05) is 23.4 Å². The van der Waals surface area contributed by atoms with Crippen molar-refractivity contribution in [3.05, 3.63) is 82.2 Å². The number of benzene rings is 2. The molecule has 0 amide bonds. The molecular weight excluding hydrogens is 400 g/mol. The van der Waals surface area contributed by atoms with Crippen molar-refractivity contribution in [2.75, 3.05) is 7.11 Å². The Morgan fingerprint density at radius 2 is 1.88 bits per heavy atom. The van der Waals surface area contributed by atoms with Crippen molar-refractivity contribution in [2.45, 2.75) is 46.1 Å². The molecule has 0 fully saturated rings. The summed E-state index contributed by atoms with van der Waals surface area (Å²) >= 11 is 0. The van der Waals surface area contributed by atoms with Gasteiger partial charge in [-0.2, -0.15) is 5.26 Å². The van der Waals surface area contributed by atoms with Crippen LogP contribution in [-0.2, 0) is 11.4 Å². The van der Waals surface area contributed by atoms with Crippen molar-refractivity contribution in [1.82, 2.24) is 5.32 Å². The molecule has 1 heterocycles. The third-order valence-electron chi connectivity index (χ3n) is 6.12. The van der Waals surface area contributed by atoms with Crippen molar-refractivity contribution < 1.29 is 14.3 Å². The summed E-state index contributed by atoms with van der Waals surface area (Å²) in [4.78, 5) is 13.2. The zero-order valence-corrected chi connectivity index (χ0v) is 19.0. The summed E-state index contributed by atoms with van der Waals surface area (Å²) in [5.74, 6) is 0.887. The first-order valence-electron chi connectivity index (χ1n) is 10.8. The fourth-order valence-electron chi connectivity index (χ4n) is 4.64. The number of allylic oxidation sites excluding steroid dienone is 4. The van der Waals surface area contributed by atoms with Crippen molar-refractivity contribution in [3.63, 3.8) is 0 Å². The highest BCUT2D eigenvalue weighted by Gasteiger charge is 2.41. The first-order valence-corrected chi connectivity index (χ1v) is 10.8. The lowest BCUT2D eigenvalue weighted by Gasteiger charge is -2.38. The van der Waals surface area contributed by atoms with Crippen molar-refractivity contribution in [2.24, 2.45) is 5.41 Å². The molecule has 5 heteroatoms. The molecule has 2 aromatic carbocycles. The number of ether oxygens (including phenoxy) is 2. The summed E-state index contributed by atoms with van der Waals surface area (Å²) in [5.41, 5.74) is 4.78. The Morgan fingerprint density at radius 3 is 2.56 bits per heavy atom. The van der Waals surface area contributed by atoms with E-state index in [9.17, 15) is 10.1 Å². The number of dihydropyridines is 1. The molecule has 2 aromatic rings. The molecule has 0 saturated carbocycles. The van der Waals surface area contributed by atoms with Crippen molar-refractivity contribution >= 4 is 5.78 Å². The van der Waals surface area contributed by atoms with E-state index < -0.39 is 5.92 Å². The van der Waals surface area contributed by atoms with E-state index in [1.807, 2.05) is 55.5 Å². The van der Waals surface area contributed by atoms with Crippen LogP contribution < -0.4 is 14.8 Å². The minimum atomic E-state index is -0.412. The lowest BCUT2D eigenvalue weighted by atomic mass is 9.69. The Morgan fingerprint density at radius 1 is 1.12 bits per heavy atom. The molecule has 0 unspecified atom stereocenters. The van der Waals surface area contributed by atoms with E-state index in [0.717, 1.165) is 28.9 Å². The quantitative estimate of drug-likeness (QED) is 0.690. The zero-order valence-electron chi connectivity index (χ0n) is 19.0. The van der Waals surface area contributed by atoms with E-state index >= 15 is 0 Å². The lowest BCUT2D eigenvalue weighted by Crippen LogP contribution is -2.36. The molecule has 0 bridgehead atoms. The van der Waals surface area contributed by atoms with Crippen LogP contribution in [0.3, 0.4) is 0 Å². The minimum Gasteiger partial charge on any atom is -0.493 e. The Balaban J connectivity index is 1.76. The molecule has 164 valence electrons. The standard InChI is InChI=1S/C27H28N2O3/c1-17-20(15-28)25(26-21(29-17)13-27(2,3)14-22(26)30)19-10-11-23(31-4)24(12-19)32-16-18-8-6-5-7-9-18/h5-12,25,29H,13-14,16H2,1-4H3/t25-/m0/s1. The maximum atomic E-state index is 13.2. The molecular formula is C27H28N2O3. The van der Waals surface area contributed by atoms with Gasteiger partial charge in [0.25, 0.3) is 0 Å². The molecule has 2 aliphatic rings. The van der Waals surface area contributed by atoms with Crippen LogP contribution in [-0.4, -0.2) is 12.9 Å². The summed E-state index contributed by atoms with van der Waals surface area (Å²) in [6.07, 6.45) is 1.24. The predicted molar refractivity (Wildman–Crippen MR) is 123 cm³/mol. The number of rotatable bonds is 5. The first kappa shape index (κ1) is 21.7. The lowest BCUT2D eigenvalue weighted by molar-refractivity contribution is -0.118. The third kappa shape index (κ3) is 4.13. The largest absolute Gasteiger partial charge is 0.493 e. The van der Waals surface area contributed by atoms with Gasteiger partial charge in [0.1, 0.15) is 6.61 Å². The van der Waals surface area contributed by atoms with E-state index in [1.165, 1.54) is 0 Å². The summed E-state index contributed by atoms with van der Waals surface area (Å²) in [6.45, 7) is 6.51. The van der Waals surface area contributed by atoms with Crippen molar-refractivity contribution in [3.8, 4) is 17.6 Å². The van der Waals surface area contributed by atoms with E-state index in [1.54, 1.807) is 7.11 Å². The summed E-state index contributed by atoms with van der Waals surface area (Å²) in [6, 6.07) is 17.9. The van der Waals surface area contributed by atoms with Crippen LogP contribution in [0.5, 0.6) is 11.5 Å². The Bertz CT molecular complexity index is 1150. The molecule has 1 aliphatic heterocycles. The number of nitrogens with one attached hydrogen (secondary N) is 1. The van der Waals surface area contributed by atoms with Crippen LogP contribution in [0.25, 0.3) is 0 Å². The fourth-order valence-corrected chi connectivity index (χ4v) is 4.64. The molecule has 1 N–H and O–H groups in total. The van der Waals surface area contributed by atoms with Gasteiger partial charge in [-0.05, 0) is 42.0 Å². The van der Waals surface area contributed by atoms with Crippen LogP contribution in [0.4, 0.5) is 0 Å². The average Bonchev–Trinajstić information content (AvgIpc) is 2.76. The van der Waals surface area contributed by atoms with Gasteiger partial charge in [0.15, 0.2) is 17.3 Å². The third-order valence-corrected chi connectivity index (χ3v) is 6.12. The van der Waals surface area contributed by atoms with Gasteiger partial charge in [-0.25, -0.2) is 0 Å². The van der Waals surface area contributed by atoms with E-state index in [0.29, 0.717) is 35.7 Å². The zero-order chi connectivity index (χ0) is 22.9. The molecule has 1 aliphatic carbocycles. The van der Waals surface area contributed by atoms with Gasteiger partial charge in [-0.15, -0.1) is 0 Å². The predicted octanol–water partition coefficient (Wildman–Crippen LogP) is 5.40. The van der Waals surface area contributed by atoms with Crippen LogP contribution in [0.2, 0.25) is 0 Å². The number of ketones is 1. The van der Waals surface area contributed by atoms with Gasteiger partial charge in [0.05, 0.1) is 24.7 Å². The monoisotopic (exact) mass is 428 g/mol. The number of nitriles is 1. The fraction of sp³-hybridized carbons (Fsp3) is 0.333. The van der Waals surface area contributed by atoms with Gasteiger partial charge in [-0.3, -0.25) is 4.79 Å². The number of carbonyl (C=O) groups excluding carboxylic acids is 1. The molecule has 0 radical (unpaired) electrons. The number of hydrogen-bond donors (Lipinski definition) is 1. The second-order valence-electron chi connectivity index (χ2n) is 9.23. The second-order valence-corrected chi connectivity index (χ2v) is 9.23. The van der Waals surface area contributed by atoms with Crippen LogP contribution in [0.15, 0.2) is 71.1 Å². The molecule has 5 nitrogen and oxygen atoms in total. The van der Waals surface area contributed by atoms with Crippen LogP contribution in [0, 0.1) is 16.7 Å². The van der Waals surface area contributed by atoms with Crippen LogP contribution >= 0.6 is 0 Å². The number of carbonyl (C=O) groups is 1. The van der Waals surface area contributed by atoms with Gasteiger partial charge >= 0.3 is 0 Å². The smallest absolute Gasteiger partial charge is 0.162 e. The first-order chi connectivity index (χ1) is 15.3. The van der Waals surface area contributed by atoms with Crippen molar-refractivity contribution in [1.29, 1.82) is 5.26 Å². The van der Waals surface area contributed by atoms with E-state index in [-0.39, 0.29) is 11.2 Å². The highest BCUT2D eigenvalue weighted by Crippen LogP contribution is 2.47. The molecule has 0 spiro atoms. The maximum Gasteiger partial charge on any atom is 0.162 e. The normalized spacial score (nSPS) is 19.7. The highest BCUT2D eigenvalue weighted by atomic mass is 16.5. The van der Waals surface area contributed by atoms with E-state index in [2.05, 4.69) is 25.2 Å². The number of hydrogen-bond acceptors (Lipinski definition) is 5. The SMILES string of the molecule is COc1ccc([C@H]2C(C#N)=C(C)NC3=C2C(=O)CC(C)(C)C3)cc1OCc1ccccc1. The second kappa shape index (κ2) is 8.55. The summed E-state index contributed by atoms with van der Waals surface area (Å²) in [5, 5.41) is 13.3. The average molecular weight is 429 g/mol. The number of nitrogens with zero attached hydrogens (tertiary/aromatic N) is 1. The Hall–Kier alpha value is -3.52. The number of methoxy groups -OCH3 is 1. The molecule has 4 rings (SSSR count). The minimum absolute atomic E-state index is 0.0940. The summed E-state index contributed by atoms with van der Waals surface area (Å²) in [7, 11) is 1.60. The summed E-state index contributed by atoms with van der Waals surface area (Å²) < 4.78 is 11.6. The van der Waals surface area contributed by atoms with Gasteiger partial charge in [0.2, 0.25) is 0 Å². The topological polar surface area (TPSA) is 71.3 Å². The molecule has 0 aromatic heterocycles. The van der Waals surface area contributed by atoms with Gasteiger partial charge < -0.3 is 14.8 Å². The highest BCUT2D eigenvalue weighted by molar-refractivity contribution is 6.00. The molecule has 32 heavy (non-hydrogen) atoms. The molecule has 1 atom stereocenters. The Labute approximate surface area is 189 Å². The Kier molecular flexibility index (Phi) is 5.80.